The summed E-state index contributed by atoms with van der Waals surface area (Å²) in [7, 11) is 0. The van der Waals surface area contributed by atoms with Gasteiger partial charge < -0.3 is 5.32 Å². The molecule has 0 aromatic heterocycles. The van der Waals surface area contributed by atoms with Crippen molar-refractivity contribution < 1.29 is 4.39 Å². The Morgan fingerprint density at radius 1 is 1.50 bits per heavy atom. The molecule has 0 bridgehead atoms. The second kappa shape index (κ2) is 4.93. The monoisotopic (exact) mass is 222 g/mol. The predicted molar refractivity (Wildman–Crippen MR) is 63.9 cm³/mol. The number of hydrogen-bond donors (Lipinski definition) is 1. The first-order chi connectivity index (χ1) is 7.66. The van der Waals surface area contributed by atoms with Crippen molar-refractivity contribution in [3.63, 3.8) is 0 Å². The van der Waals surface area contributed by atoms with E-state index in [1.165, 1.54) is 5.56 Å². The van der Waals surface area contributed by atoms with E-state index in [0.29, 0.717) is 6.04 Å². The summed E-state index contributed by atoms with van der Waals surface area (Å²) in [6.07, 6.45) is 0. The summed E-state index contributed by atoms with van der Waals surface area (Å²) < 4.78 is 13.0. The Hall–Kier alpha value is -0.930. The molecule has 1 aliphatic rings. The molecule has 0 unspecified atom stereocenters. The van der Waals surface area contributed by atoms with Gasteiger partial charge in [-0.2, -0.15) is 0 Å². The maximum absolute atomic E-state index is 13.0. The van der Waals surface area contributed by atoms with Crippen LogP contribution in [0.3, 0.4) is 0 Å². The summed E-state index contributed by atoms with van der Waals surface area (Å²) in [4.78, 5) is 2.44. The smallest absolute Gasteiger partial charge is 0.123 e. The second-order valence-corrected chi connectivity index (χ2v) is 4.59. The molecule has 0 aliphatic carbocycles. The highest BCUT2D eigenvalue weighted by molar-refractivity contribution is 5.26. The molecule has 1 aromatic carbocycles. The molecule has 0 radical (unpaired) electrons. The number of piperazine rings is 1. The number of benzene rings is 1. The van der Waals surface area contributed by atoms with Crippen molar-refractivity contribution in [2.45, 2.75) is 26.4 Å². The van der Waals surface area contributed by atoms with Crippen LogP contribution in [-0.2, 0) is 6.54 Å². The fraction of sp³-hybridized carbons (Fsp3) is 0.538. The molecule has 2 nitrogen and oxygen atoms in total. The van der Waals surface area contributed by atoms with Crippen LogP contribution in [0, 0.1) is 12.7 Å². The van der Waals surface area contributed by atoms with Crippen molar-refractivity contribution in [1.82, 2.24) is 10.2 Å². The minimum Gasteiger partial charge on any atom is -0.314 e. The number of aryl methyl sites for hydroxylation is 1. The number of rotatable bonds is 2. The molecule has 0 amide bonds. The molecule has 3 heteroatoms. The van der Waals surface area contributed by atoms with Gasteiger partial charge in [-0.3, -0.25) is 4.90 Å². The van der Waals surface area contributed by atoms with Gasteiger partial charge in [0.05, 0.1) is 0 Å². The van der Waals surface area contributed by atoms with Crippen LogP contribution in [0.5, 0.6) is 0 Å². The van der Waals surface area contributed by atoms with E-state index in [9.17, 15) is 4.39 Å². The van der Waals surface area contributed by atoms with Gasteiger partial charge in [0.1, 0.15) is 5.82 Å². The summed E-state index contributed by atoms with van der Waals surface area (Å²) in [5.41, 5.74) is 2.28. The van der Waals surface area contributed by atoms with E-state index in [4.69, 9.17) is 0 Å². The standard InChI is InChI=1S/C13H19FN2/c1-10-7-13(14)4-3-12(10)9-16-6-5-15-8-11(16)2/h3-4,7,11,15H,5-6,8-9H2,1-2H3/t11-/m1/s1. The Balaban J connectivity index is 2.07. The summed E-state index contributed by atoms with van der Waals surface area (Å²) in [5, 5.41) is 3.37. The van der Waals surface area contributed by atoms with Crippen molar-refractivity contribution in [3.8, 4) is 0 Å². The molecule has 88 valence electrons. The van der Waals surface area contributed by atoms with Crippen LogP contribution in [0.2, 0.25) is 0 Å². The average Bonchev–Trinajstić information content (AvgIpc) is 2.25. The van der Waals surface area contributed by atoms with Crippen molar-refractivity contribution in [2.75, 3.05) is 19.6 Å². The first-order valence-electron chi connectivity index (χ1n) is 5.86. The normalized spacial score (nSPS) is 22.3. The van der Waals surface area contributed by atoms with Crippen LogP contribution in [0.4, 0.5) is 4.39 Å². The zero-order chi connectivity index (χ0) is 11.5. The van der Waals surface area contributed by atoms with Crippen molar-refractivity contribution >= 4 is 0 Å². The summed E-state index contributed by atoms with van der Waals surface area (Å²) in [5.74, 6) is -0.144. The molecule has 1 N–H and O–H groups in total. The van der Waals surface area contributed by atoms with Crippen molar-refractivity contribution in [3.05, 3.63) is 35.1 Å². The molecule has 0 spiro atoms. The number of nitrogens with one attached hydrogen (secondary N) is 1. The first kappa shape index (κ1) is 11.6. The van der Waals surface area contributed by atoms with Crippen LogP contribution in [0.15, 0.2) is 18.2 Å². The van der Waals surface area contributed by atoms with E-state index in [1.807, 2.05) is 13.0 Å². The number of nitrogens with zero attached hydrogens (tertiary/aromatic N) is 1. The fourth-order valence-corrected chi connectivity index (χ4v) is 2.17. The predicted octanol–water partition coefficient (Wildman–Crippen LogP) is 1.93. The van der Waals surface area contributed by atoms with E-state index < -0.39 is 0 Å². The van der Waals surface area contributed by atoms with Gasteiger partial charge in [-0.05, 0) is 37.1 Å². The van der Waals surface area contributed by atoms with E-state index >= 15 is 0 Å². The van der Waals surface area contributed by atoms with Crippen LogP contribution < -0.4 is 5.32 Å². The molecular formula is C13H19FN2. The molecule has 1 saturated heterocycles. The molecular weight excluding hydrogens is 203 g/mol. The van der Waals surface area contributed by atoms with Crippen molar-refractivity contribution in [2.24, 2.45) is 0 Å². The maximum Gasteiger partial charge on any atom is 0.123 e. The van der Waals surface area contributed by atoms with E-state index in [1.54, 1.807) is 12.1 Å². The lowest BCUT2D eigenvalue weighted by atomic mass is 10.1. The zero-order valence-electron chi connectivity index (χ0n) is 9.96. The average molecular weight is 222 g/mol. The fourth-order valence-electron chi connectivity index (χ4n) is 2.17. The summed E-state index contributed by atoms with van der Waals surface area (Å²) in [6, 6.07) is 5.62. The van der Waals surface area contributed by atoms with Gasteiger partial charge in [-0.1, -0.05) is 6.07 Å². The molecule has 1 atom stereocenters. The van der Waals surface area contributed by atoms with Gasteiger partial charge in [0.25, 0.3) is 0 Å². The Kier molecular flexibility index (Phi) is 3.56. The summed E-state index contributed by atoms with van der Waals surface area (Å²) in [6.45, 7) is 8.29. The SMILES string of the molecule is Cc1cc(F)ccc1CN1CCNC[C@H]1C. The highest BCUT2D eigenvalue weighted by atomic mass is 19.1. The Morgan fingerprint density at radius 2 is 2.31 bits per heavy atom. The third-order valence-electron chi connectivity index (χ3n) is 3.32. The third kappa shape index (κ3) is 2.60. The lowest BCUT2D eigenvalue weighted by molar-refractivity contribution is 0.165. The zero-order valence-corrected chi connectivity index (χ0v) is 9.96. The quantitative estimate of drug-likeness (QED) is 0.822. The minimum atomic E-state index is -0.144. The number of halogens is 1. The molecule has 1 aromatic rings. The molecule has 0 saturated carbocycles. The third-order valence-corrected chi connectivity index (χ3v) is 3.32. The van der Waals surface area contributed by atoms with Crippen LogP contribution >= 0.6 is 0 Å². The lowest BCUT2D eigenvalue weighted by Gasteiger charge is -2.34. The molecule has 1 fully saturated rings. The maximum atomic E-state index is 13.0. The van der Waals surface area contributed by atoms with Crippen molar-refractivity contribution in [1.29, 1.82) is 0 Å². The highest BCUT2D eigenvalue weighted by Crippen LogP contribution is 2.15. The number of hydrogen-bond acceptors (Lipinski definition) is 2. The molecule has 16 heavy (non-hydrogen) atoms. The van der Waals surface area contributed by atoms with Gasteiger partial charge in [-0.15, -0.1) is 0 Å². The Labute approximate surface area is 96.5 Å². The van der Waals surface area contributed by atoms with Crippen LogP contribution in [0.25, 0.3) is 0 Å². The molecule has 2 rings (SSSR count). The topological polar surface area (TPSA) is 15.3 Å². The Bertz CT molecular complexity index is 365. The summed E-state index contributed by atoms with van der Waals surface area (Å²) >= 11 is 0. The Morgan fingerprint density at radius 3 is 3.00 bits per heavy atom. The first-order valence-corrected chi connectivity index (χ1v) is 5.86. The van der Waals surface area contributed by atoms with Gasteiger partial charge in [0.15, 0.2) is 0 Å². The van der Waals surface area contributed by atoms with E-state index in [2.05, 4.69) is 17.1 Å². The van der Waals surface area contributed by atoms with E-state index in [0.717, 1.165) is 31.7 Å². The van der Waals surface area contributed by atoms with E-state index in [-0.39, 0.29) is 5.82 Å². The highest BCUT2D eigenvalue weighted by Gasteiger charge is 2.18. The van der Waals surface area contributed by atoms with Gasteiger partial charge in [-0.25, -0.2) is 4.39 Å². The molecule has 1 aliphatic heterocycles. The van der Waals surface area contributed by atoms with Crippen LogP contribution in [-0.4, -0.2) is 30.6 Å². The minimum absolute atomic E-state index is 0.144. The molecule has 1 heterocycles. The second-order valence-electron chi connectivity index (χ2n) is 4.59. The lowest BCUT2D eigenvalue weighted by Crippen LogP contribution is -2.49. The van der Waals surface area contributed by atoms with Crippen LogP contribution in [0.1, 0.15) is 18.1 Å². The largest absolute Gasteiger partial charge is 0.314 e. The van der Waals surface area contributed by atoms with Gasteiger partial charge in [0, 0.05) is 32.2 Å². The van der Waals surface area contributed by atoms with Gasteiger partial charge >= 0.3 is 0 Å². The van der Waals surface area contributed by atoms with Gasteiger partial charge in [0.2, 0.25) is 0 Å².